The Morgan fingerprint density at radius 1 is 1.35 bits per heavy atom. The van der Waals surface area contributed by atoms with Crippen molar-refractivity contribution < 1.29 is 0 Å². The van der Waals surface area contributed by atoms with E-state index in [4.69, 9.17) is 5.73 Å². The van der Waals surface area contributed by atoms with Gasteiger partial charge < -0.3 is 11.1 Å². The van der Waals surface area contributed by atoms with Crippen molar-refractivity contribution in [3.63, 3.8) is 0 Å². The number of nitrogens with two attached hydrogens (primary N) is 1. The fourth-order valence-electron chi connectivity index (χ4n) is 2.52. The summed E-state index contributed by atoms with van der Waals surface area (Å²) in [6.45, 7) is 3.12. The standard InChI is InChI=1S/C14H22N2S/c1-11-9-12(5-6-13(11)15)16-10-14(17-2)7-3-4-8-14/h5-6,9,16H,3-4,7-8,10,15H2,1-2H3. The lowest BCUT2D eigenvalue weighted by Gasteiger charge is -2.27. The lowest BCUT2D eigenvalue weighted by Crippen LogP contribution is -2.30. The van der Waals surface area contributed by atoms with Crippen LogP contribution in [0.15, 0.2) is 18.2 Å². The van der Waals surface area contributed by atoms with E-state index < -0.39 is 0 Å². The molecule has 0 aromatic heterocycles. The monoisotopic (exact) mass is 250 g/mol. The maximum absolute atomic E-state index is 5.83. The molecule has 1 aliphatic carbocycles. The largest absolute Gasteiger partial charge is 0.399 e. The van der Waals surface area contributed by atoms with Gasteiger partial charge in [0.2, 0.25) is 0 Å². The molecule has 0 unspecified atom stereocenters. The molecule has 17 heavy (non-hydrogen) atoms. The van der Waals surface area contributed by atoms with Gasteiger partial charge in [0.25, 0.3) is 0 Å². The molecule has 2 nitrogen and oxygen atoms in total. The van der Waals surface area contributed by atoms with Gasteiger partial charge >= 0.3 is 0 Å². The van der Waals surface area contributed by atoms with Crippen LogP contribution in [-0.2, 0) is 0 Å². The normalized spacial score (nSPS) is 18.2. The molecule has 1 aromatic rings. The predicted octanol–water partition coefficient (Wildman–Crippen LogP) is 3.66. The number of anilines is 2. The summed E-state index contributed by atoms with van der Waals surface area (Å²) in [6.07, 6.45) is 7.68. The molecule has 1 aromatic carbocycles. The first-order valence-corrected chi connectivity index (χ1v) is 7.53. The molecule has 94 valence electrons. The van der Waals surface area contributed by atoms with Crippen molar-refractivity contribution in [2.24, 2.45) is 0 Å². The summed E-state index contributed by atoms with van der Waals surface area (Å²) in [7, 11) is 0. The first-order valence-electron chi connectivity index (χ1n) is 6.30. The van der Waals surface area contributed by atoms with Crippen molar-refractivity contribution in [2.45, 2.75) is 37.4 Å². The SMILES string of the molecule is CSC1(CNc2ccc(N)c(C)c2)CCCC1. The number of nitrogen functional groups attached to an aromatic ring is 1. The summed E-state index contributed by atoms with van der Waals surface area (Å²) in [4.78, 5) is 0. The number of hydrogen-bond donors (Lipinski definition) is 2. The van der Waals surface area contributed by atoms with Crippen LogP contribution in [0.5, 0.6) is 0 Å². The Morgan fingerprint density at radius 3 is 2.65 bits per heavy atom. The van der Waals surface area contributed by atoms with Gasteiger partial charge in [-0.2, -0.15) is 11.8 Å². The molecular formula is C14H22N2S. The zero-order valence-corrected chi connectivity index (χ0v) is 11.6. The Bertz CT molecular complexity index is 384. The second-order valence-electron chi connectivity index (χ2n) is 5.02. The van der Waals surface area contributed by atoms with Gasteiger partial charge in [-0.1, -0.05) is 12.8 Å². The van der Waals surface area contributed by atoms with Crippen molar-refractivity contribution in [3.05, 3.63) is 23.8 Å². The number of thioether (sulfide) groups is 1. The third kappa shape index (κ3) is 2.89. The summed E-state index contributed by atoms with van der Waals surface area (Å²) in [5.74, 6) is 0. The Balaban J connectivity index is 1.99. The zero-order valence-electron chi connectivity index (χ0n) is 10.8. The molecule has 0 spiro atoms. The van der Waals surface area contributed by atoms with Gasteiger partial charge in [-0.05, 0) is 49.8 Å². The molecule has 0 heterocycles. The lowest BCUT2D eigenvalue weighted by atomic mass is 10.1. The van der Waals surface area contributed by atoms with E-state index in [1.165, 1.54) is 31.4 Å². The van der Waals surface area contributed by atoms with Gasteiger partial charge in [0.15, 0.2) is 0 Å². The minimum Gasteiger partial charge on any atom is -0.399 e. The summed E-state index contributed by atoms with van der Waals surface area (Å²) in [6, 6.07) is 6.20. The molecule has 3 heteroatoms. The second-order valence-corrected chi connectivity index (χ2v) is 6.29. The zero-order chi connectivity index (χ0) is 12.3. The van der Waals surface area contributed by atoms with Gasteiger partial charge in [-0.3, -0.25) is 0 Å². The van der Waals surface area contributed by atoms with Crippen molar-refractivity contribution in [1.82, 2.24) is 0 Å². The molecule has 0 radical (unpaired) electrons. The van der Waals surface area contributed by atoms with E-state index in [-0.39, 0.29) is 0 Å². The van der Waals surface area contributed by atoms with Crippen molar-refractivity contribution in [1.29, 1.82) is 0 Å². The van der Waals surface area contributed by atoms with E-state index in [9.17, 15) is 0 Å². The van der Waals surface area contributed by atoms with E-state index in [0.29, 0.717) is 4.75 Å². The molecule has 0 amide bonds. The van der Waals surface area contributed by atoms with Crippen LogP contribution in [0.2, 0.25) is 0 Å². The third-order valence-electron chi connectivity index (χ3n) is 3.83. The number of rotatable bonds is 4. The van der Waals surface area contributed by atoms with Gasteiger partial charge in [-0.25, -0.2) is 0 Å². The fraction of sp³-hybridized carbons (Fsp3) is 0.571. The van der Waals surface area contributed by atoms with Crippen LogP contribution in [0.3, 0.4) is 0 Å². The molecule has 0 bridgehead atoms. The lowest BCUT2D eigenvalue weighted by molar-refractivity contribution is 0.640. The average Bonchev–Trinajstić information content (AvgIpc) is 2.80. The van der Waals surface area contributed by atoms with E-state index in [0.717, 1.165) is 17.8 Å². The Hall–Kier alpha value is -0.830. The molecule has 1 fully saturated rings. The first kappa shape index (κ1) is 12.6. The molecule has 2 rings (SSSR count). The van der Waals surface area contributed by atoms with Gasteiger partial charge in [0, 0.05) is 22.7 Å². The van der Waals surface area contributed by atoms with E-state index in [2.05, 4.69) is 30.6 Å². The molecule has 0 atom stereocenters. The number of nitrogens with one attached hydrogen (secondary N) is 1. The minimum atomic E-state index is 0.454. The highest BCUT2D eigenvalue weighted by Crippen LogP contribution is 2.40. The molecular weight excluding hydrogens is 228 g/mol. The number of benzene rings is 1. The summed E-state index contributed by atoms with van der Waals surface area (Å²) in [5, 5.41) is 3.57. The van der Waals surface area contributed by atoms with Crippen LogP contribution < -0.4 is 11.1 Å². The maximum Gasteiger partial charge on any atom is 0.0345 e. The summed E-state index contributed by atoms with van der Waals surface area (Å²) >= 11 is 2.02. The first-order chi connectivity index (χ1) is 8.15. The van der Waals surface area contributed by atoms with Crippen LogP contribution in [0.25, 0.3) is 0 Å². The number of hydrogen-bond acceptors (Lipinski definition) is 3. The molecule has 1 aliphatic rings. The highest BCUT2D eigenvalue weighted by Gasteiger charge is 2.32. The molecule has 0 saturated heterocycles. The van der Waals surface area contributed by atoms with Crippen molar-refractivity contribution >= 4 is 23.1 Å². The summed E-state index contributed by atoms with van der Waals surface area (Å²) < 4.78 is 0.454. The minimum absolute atomic E-state index is 0.454. The van der Waals surface area contributed by atoms with Crippen LogP contribution in [0, 0.1) is 6.92 Å². The second kappa shape index (κ2) is 5.21. The molecule has 1 saturated carbocycles. The van der Waals surface area contributed by atoms with Crippen molar-refractivity contribution in [3.8, 4) is 0 Å². The van der Waals surface area contributed by atoms with Gasteiger partial charge in [-0.15, -0.1) is 0 Å². The van der Waals surface area contributed by atoms with Gasteiger partial charge in [0.1, 0.15) is 0 Å². The Labute approximate surface area is 108 Å². The maximum atomic E-state index is 5.83. The Kier molecular flexibility index (Phi) is 3.87. The van der Waals surface area contributed by atoms with E-state index in [1.54, 1.807) is 0 Å². The van der Waals surface area contributed by atoms with Crippen LogP contribution in [0.1, 0.15) is 31.2 Å². The third-order valence-corrected chi connectivity index (χ3v) is 5.25. The fourth-order valence-corrected chi connectivity index (χ4v) is 3.43. The highest BCUT2D eigenvalue weighted by atomic mass is 32.2. The van der Waals surface area contributed by atoms with E-state index in [1.807, 2.05) is 17.8 Å². The highest BCUT2D eigenvalue weighted by molar-refractivity contribution is 8.00. The van der Waals surface area contributed by atoms with Crippen LogP contribution in [-0.4, -0.2) is 17.5 Å². The molecule has 0 aliphatic heterocycles. The quantitative estimate of drug-likeness (QED) is 0.801. The smallest absolute Gasteiger partial charge is 0.0345 e. The molecule has 3 N–H and O–H groups in total. The summed E-state index contributed by atoms with van der Waals surface area (Å²) in [5.41, 5.74) is 9.04. The Morgan fingerprint density at radius 2 is 2.06 bits per heavy atom. The average molecular weight is 250 g/mol. The van der Waals surface area contributed by atoms with Crippen molar-refractivity contribution in [2.75, 3.05) is 23.9 Å². The van der Waals surface area contributed by atoms with Crippen LogP contribution in [0.4, 0.5) is 11.4 Å². The topological polar surface area (TPSA) is 38.0 Å². The van der Waals surface area contributed by atoms with E-state index >= 15 is 0 Å². The van der Waals surface area contributed by atoms with Crippen LogP contribution >= 0.6 is 11.8 Å². The predicted molar refractivity (Wildman–Crippen MR) is 78.8 cm³/mol. The number of aryl methyl sites for hydroxylation is 1. The van der Waals surface area contributed by atoms with Gasteiger partial charge in [0.05, 0.1) is 0 Å².